The molecule has 2 N–H and O–H groups in total. The summed E-state index contributed by atoms with van der Waals surface area (Å²) in [7, 11) is 0. The molecule has 23 heavy (non-hydrogen) atoms. The van der Waals surface area contributed by atoms with E-state index >= 15 is 0 Å². The van der Waals surface area contributed by atoms with Gasteiger partial charge in [-0.2, -0.15) is 0 Å². The molecule has 0 spiro atoms. The second-order valence-corrected chi connectivity index (χ2v) is 6.58. The zero-order chi connectivity index (χ0) is 16.6. The van der Waals surface area contributed by atoms with Crippen molar-refractivity contribution in [1.82, 2.24) is 10.3 Å². The van der Waals surface area contributed by atoms with Crippen LogP contribution in [0, 0.1) is 20.8 Å². The van der Waals surface area contributed by atoms with Crippen LogP contribution in [-0.4, -0.2) is 10.9 Å². The fraction of sp³-hybridized carbons (Fsp3) is 0.368. The second-order valence-electron chi connectivity index (χ2n) is 6.58. The van der Waals surface area contributed by atoms with Gasteiger partial charge in [0, 0.05) is 17.8 Å². The van der Waals surface area contributed by atoms with Gasteiger partial charge < -0.3 is 10.3 Å². The standard InChI is InChI=1S/C19H22N2O2/c1-12-5-4-6-15(9-12)19(7-8-19)18(23)20-11-16-13(2)10-14(3)21-17(16)22/h4-6,9-10H,7-8,11H2,1-3H3,(H,20,23)(H,21,22). The summed E-state index contributed by atoms with van der Waals surface area (Å²) in [5.41, 5.74) is 4.08. The van der Waals surface area contributed by atoms with Crippen LogP contribution < -0.4 is 10.9 Å². The number of H-pyrrole nitrogens is 1. The third-order valence-corrected chi connectivity index (χ3v) is 4.67. The third-order valence-electron chi connectivity index (χ3n) is 4.67. The van der Waals surface area contributed by atoms with E-state index in [1.807, 2.05) is 45.0 Å². The largest absolute Gasteiger partial charge is 0.351 e. The van der Waals surface area contributed by atoms with E-state index in [0.29, 0.717) is 5.56 Å². The van der Waals surface area contributed by atoms with Gasteiger partial charge in [0.2, 0.25) is 5.91 Å². The summed E-state index contributed by atoms with van der Waals surface area (Å²) in [5, 5.41) is 2.96. The Morgan fingerprint density at radius 3 is 2.57 bits per heavy atom. The fourth-order valence-corrected chi connectivity index (χ4v) is 3.15. The van der Waals surface area contributed by atoms with Crippen molar-refractivity contribution in [2.24, 2.45) is 0 Å². The monoisotopic (exact) mass is 310 g/mol. The smallest absolute Gasteiger partial charge is 0.253 e. The molecule has 0 radical (unpaired) electrons. The minimum absolute atomic E-state index is 0.0162. The van der Waals surface area contributed by atoms with Crippen LogP contribution >= 0.6 is 0 Å². The summed E-state index contributed by atoms with van der Waals surface area (Å²) < 4.78 is 0. The summed E-state index contributed by atoms with van der Waals surface area (Å²) in [5.74, 6) is 0.0162. The zero-order valence-electron chi connectivity index (χ0n) is 13.8. The number of aryl methyl sites for hydroxylation is 3. The maximum atomic E-state index is 12.7. The van der Waals surface area contributed by atoms with E-state index in [2.05, 4.69) is 16.4 Å². The summed E-state index contributed by atoms with van der Waals surface area (Å²) in [6.07, 6.45) is 1.73. The highest BCUT2D eigenvalue weighted by molar-refractivity contribution is 5.91. The number of aromatic nitrogens is 1. The quantitative estimate of drug-likeness (QED) is 0.912. The number of rotatable bonds is 4. The highest BCUT2D eigenvalue weighted by atomic mass is 16.2. The van der Waals surface area contributed by atoms with Crippen LogP contribution in [0.4, 0.5) is 0 Å². The molecule has 0 unspecified atom stereocenters. The Bertz CT molecular complexity index is 816. The molecule has 1 aromatic heterocycles. The molecule has 2 aromatic rings. The van der Waals surface area contributed by atoms with E-state index in [9.17, 15) is 9.59 Å². The first kappa shape index (κ1) is 15.5. The van der Waals surface area contributed by atoms with Gasteiger partial charge in [-0.05, 0) is 50.8 Å². The van der Waals surface area contributed by atoms with Crippen molar-refractivity contribution >= 4 is 5.91 Å². The molecular formula is C19H22N2O2. The van der Waals surface area contributed by atoms with Gasteiger partial charge >= 0.3 is 0 Å². The van der Waals surface area contributed by atoms with Crippen molar-refractivity contribution < 1.29 is 4.79 Å². The second kappa shape index (κ2) is 5.69. The van der Waals surface area contributed by atoms with E-state index in [1.165, 1.54) is 0 Å². The maximum absolute atomic E-state index is 12.7. The number of amides is 1. The Morgan fingerprint density at radius 2 is 1.96 bits per heavy atom. The lowest BCUT2D eigenvalue weighted by molar-refractivity contribution is -0.123. The van der Waals surface area contributed by atoms with Crippen molar-refractivity contribution in [3.63, 3.8) is 0 Å². The molecule has 1 heterocycles. The molecule has 3 rings (SSSR count). The molecule has 1 amide bonds. The Morgan fingerprint density at radius 1 is 1.22 bits per heavy atom. The normalized spacial score (nSPS) is 15.3. The SMILES string of the molecule is Cc1cccc(C2(C(=O)NCc3c(C)cc(C)[nH]c3=O)CC2)c1. The molecule has 4 nitrogen and oxygen atoms in total. The van der Waals surface area contributed by atoms with Crippen molar-refractivity contribution in [3.05, 3.63) is 68.6 Å². The molecule has 0 bridgehead atoms. The van der Waals surface area contributed by atoms with Gasteiger partial charge in [-0.3, -0.25) is 9.59 Å². The lowest BCUT2D eigenvalue weighted by Gasteiger charge is -2.17. The molecule has 1 aliphatic carbocycles. The van der Waals surface area contributed by atoms with Gasteiger partial charge in [-0.25, -0.2) is 0 Å². The first-order valence-electron chi connectivity index (χ1n) is 7.97. The van der Waals surface area contributed by atoms with Crippen LogP contribution in [0.2, 0.25) is 0 Å². The van der Waals surface area contributed by atoms with Gasteiger partial charge in [0.1, 0.15) is 0 Å². The van der Waals surface area contributed by atoms with Crippen molar-refractivity contribution in [2.75, 3.05) is 0 Å². The predicted octanol–water partition coefficient (Wildman–Crippen LogP) is 2.65. The number of hydrogen-bond donors (Lipinski definition) is 2. The molecule has 120 valence electrons. The molecule has 1 aliphatic rings. The van der Waals surface area contributed by atoms with Crippen LogP contribution in [0.15, 0.2) is 35.1 Å². The number of benzene rings is 1. The van der Waals surface area contributed by atoms with Crippen LogP contribution in [0.3, 0.4) is 0 Å². The summed E-state index contributed by atoms with van der Waals surface area (Å²) in [4.78, 5) is 27.5. The molecule has 0 aliphatic heterocycles. The van der Waals surface area contributed by atoms with Gasteiger partial charge in [0.05, 0.1) is 5.41 Å². The molecule has 1 fully saturated rings. The summed E-state index contributed by atoms with van der Waals surface area (Å²) >= 11 is 0. The Kier molecular flexibility index (Phi) is 3.84. The fourth-order valence-electron chi connectivity index (χ4n) is 3.15. The number of carbonyl (C=O) groups excluding carboxylic acids is 1. The minimum atomic E-state index is -0.405. The average molecular weight is 310 g/mol. The predicted molar refractivity (Wildman–Crippen MR) is 90.5 cm³/mol. The lowest BCUT2D eigenvalue weighted by atomic mass is 9.93. The van der Waals surface area contributed by atoms with Crippen LogP contribution in [0.25, 0.3) is 0 Å². The van der Waals surface area contributed by atoms with Gasteiger partial charge in [0.25, 0.3) is 5.56 Å². The number of aromatic amines is 1. The van der Waals surface area contributed by atoms with E-state index in [-0.39, 0.29) is 18.0 Å². The maximum Gasteiger partial charge on any atom is 0.253 e. The molecule has 0 atom stereocenters. The highest BCUT2D eigenvalue weighted by Crippen LogP contribution is 2.48. The molecule has 1 saturated carbocycles. The van der Waals surface area contributed by atoms with Crippen LogP contribution in [-0.2, 0) is 16.8 Å². The van der Waals surface area contributed by atoms with Gasteiger partial charge in [0.15, 0.2) is 0 Å². The Labute approximate surface area is 135 Å². The topological polar surface area (TPSA) is 62.0 Å². The lowest BCUT2D eigenvalue weighted by Crippen LogP contribution is -2.36. The third kappa shape index (κ3) is 2.93. The van der Waals surface area contributed by atoms with Crippen molar-refractivity contribution in [1.29, 1.82) is 0 Å². The molecule has 0 saturated heterocycles. The van der Waals surface area contributed by atoms with Crippen molar-refractivity contribution in [2.45, 2.75) is 45.6 Å². The van der Waals surface area contributed by atoms with E-state index in [0.717, 1.165) is 35.2 Å². The Hall–Kier alpha value is -2.36. The Balaban J connectivity index is 1.77. The molecular weight excluding hydrogens is 288 g/mol. The average Bonchev–Trinajstić information content (AvgIpc) is 3.27. The highest BCUT2D eigenvalue weighted by Gasteiger charge is 2.51. The number of hydrogen-bond acceptors (Lipinski definition) is 2. The number of carbonyl (C=O) groups is 1. The summed E-state index contributed by atoms with van der Waals surface area (Å²) in [6, 6.07) is 10.1. The molecule has 1 aromatic carbocycles. The first-order valence-corrected chi connectivity index (χ1v) is 7.97. The van der Waals surface area contributed by atoms with E-state index < -0.39 is 5.41 Å². The molecule has 4 heteroatoms. The zero-order valence-corrected chi connectivity index (χ0v) is 13.8. The summed E-state index contributed by atoms with van der Waals surface area (Å²) in [6.45, 7) is 6.06. The number of nitrogens with one attached hydrogen (secondary N) is 2. The van der Waals surface area contributed by atoms with E-state index in [4.69, 9.17) is 0 Å². The van der Waals surface area contributed by atoms with Gasteiger partial charge in [-0.15, -0.1) is 0 Å². The van der Waals surface area contributed by atoms with E-state index in [1.54, 1.807) is 0 Å². The van der Waals surface area contributed by atoms with Gasteiger partial charge in [-0.1, -0.05) is 29.8 Å². The van der Waals surface area contributed by atoms with Crippen LogP contribution in [0.5, 0.6) is 0 Å². The van der Waals surface area contributed by atoms with Crippen LogP contribution in [0.1, 0.15) is 40.8 Å². The number of pyridine rings is 1. The minimum Gasteiger partial charge on any atom is -0.351 e. The van der Waals surface area contributed by atoms with Crippen molar-refractivity contribution in [3.8, 4) is 0 Å². The first-order chi connectivity index (χ1) is 10.9.